The molecule has 8 heteroatoms. The van der Waals surface area contributed by atoms with Crippen LogP contribution in [0.4, 0.5) is 4.39 Å². The maximum atomic E-state index is 12.8. The lowest BCUT2D eigenvalue weighted by atomic mass is 10.2. The molecule has 3 rings (SSSR count). The molecule has 0 atom stereocenters. The summed E-state index contributed by atoms with van der Waals surface area (Å²) in [6.45, 7) is 0.357. The van der Waals surface area contributed by atoms with E-state index in [1.807, 2.05) is 12.1 Å². The molecule has 0 aliphatic heterocycles. The van der Waals surface area contributed by atoms with E-state index < -0.39 is 0 Å². The first-order chi connectivity index (χ1) is 11.7. The maximum Gasteiger partial charge on any atom is 0.230 e. The predicted octanol–water partition coefficient (Wildman–Crippen LogP) is 2.41. The normalized spacial score (nSPS) is 10.5. The summed E-state index contributed by atoms with van der Waals surface area (Å²) in [6, 6.07) is 9.65. The molecule has 3 aromatic rings. The van der Waals surface area contributed by atoms with Crippen molar-refractivity contribution in [1.29, 1.82) is 0 Å². The van der Waals surface area contributed by atoms with Crippen molar-refractivity contribution >= 4 is 17.7 Å². The molecule has 0 bridgehead atoms. The number of hydrogen-bond donors (Lipinski definition) is 2. The number of carbonyl (C=O) groups excluding carboxylic acids is 1. The number of H-pyrrole nitrogens is 1. The van der Waals surface area contributed by atoms with Gasteiger partial charge in [-0.1, -0.05) is 23.9 Å². The Bertz CT molecular complexity index is 807. The molecule has 6 nitrogen and oxygen atoms in total. The van der Waals surface area contributed by atoms with Crippen molar-refractivity contribution < 1.29 is 9.18 Å². The molecule has 0 unspecified atom stereocenters. The van der Waals surface area contributed by atoms with Gasteiger partial charge in [-0.15, -0.1) is 5.10 Å². The molecule has 24 heavy (non-hydrogen) atoms. The van der Waals surface area contributed by atoms with E-state index >= 15 is 0 Å². The molecule has 122 valence electrons. The minimum absolute atomic E-state index is 0.139. The van der Waals surface area contributed by atoms with Gasteiger partial charge in [0.05, 0.1) is 5.75 Å². The quantitative estimate of drug-likeness (QED) is 0.672. The monoisotopic (exact) mass is 343 g/mol. The Morgan fingerprint density at radius 3 is 2.67 bits per heavy atom. The third kappa shape index (κ3) is 4.39. The molecule has 0 aliphatic carbocycles. The Morgan fingerprint density at radius 1 is 1.17 bits per heavy atom. The van der Waals surface area contributed by atoms with Crippen LogP contribution in [0.5, 0.6) is 0 Å². The molecule has 0 saturated carbocycles. The Hall–Kier alpha value is -2.74. The molecule has 0 saturated heterocycles. The van der Waals surface area contributed by atoms with E-state index in [9.17, 15) is 9.18 Å². The van der Waals surface area contributed by atoms with E-state index in [1.165, 1.54) is 23.9 Å². The summed E-state index contributed by atoms with van der Waals surface area (Å²) in [7, 11) is 0. The van der Waals surface area contributed by atoms with Crippen LogP contribution >= 0.6 is 11.8 Å². The summed E-state index contributed by atoms with van der Waals surface area (Å²) >= 11 is 1.24. The van der Waals surface area contributed by atoms with Gasteiger partial charge in [0.1, 0.15) is 5.82 Å². The molecule has 2 aromatic heterocycles. The van der Waals surface area contributed by atoms with Gasteiger partial charge in [-0.3, -0.25) is 14.9 Å². The fourth-order valence-corrected chi connectivity index (χ4v) is 2.56. The third-order valence-electron chi connectivity index (χ3n) is 3.15. The standard InChI is InChI=1S/C16H14FN5OS/c17-13-3-1-11(2-4-13)9-19-14(23)10-24-16-20-15(21-22-16)12-5-7-18-8-6-12/h1-8H,9-10H2,(H,19,23)(H,20,21,22). The molecule has 1 amide bonds. The van der Waals surface area contributed by atoms with Gasteiger partial charge < -0.3 is 5.32 Å². The largest absolute Gasteiger partial charge is 0.351 e. The van der Waals surface area contributed by atoms with E-state index in [0.29, 0.717) is 17.5 Å². The Morgan fingerprint density at radius 2 is 1.92 bits per heavy atom. The number of aromatic amines is 1. The van der Waals surface area contributed by atoms with E-state index in [1.54, 1.807) is 24.5 Å². The van der Waals surface area contributed by atoms with Crippen LogP contribution in [0, 0.1) is 5.82 Å². The van der Waals surface area contributed by atoms with E-state index in [2.05, 4.69) is 25.5 Å². The van der Waals surface area contributed by atoms with Crippen LogP contribution in [0.3, 0.4) is 0 Å². The third-order valence-corrected chi connectivity index (χ3v) is 4.00. The lowest BCUT2D eigenvalue weighted by Gasteiger charge is -2.04. The van der Waals surface area contributed by atoms with Gasteiger partial charge in [-0.25, -0.2) is 9.37 Å². The topological polar surface area (TPSA) is 83.6 Å². The van der Waals surface area contributed by atoms with Crippen molar-refractivity contribution in [3.05, 3.63) is 60.2 Å². The smallest absolute Gasteiger partial charge is 0.230 e. The number of rotatable bonds is 6. The van der Waals surface area contributed by atoms with Gasteiger partial charge in [0.15, 0.2) is 5.82 Å². The van der Waals surface area contributed by atoms with Crippen molar-refractivity contribution in [3.63, 3.8) is 0 Å². The average molecular weight is 343 g/mol. The molecule has 1 aromatic carbocycles. The number of nitrogens with zero attached hydrogens (tertiary/aromatic N) is 3. The minimum atomic E-state index is -0.296. The second-order valence-electron chi connectivity index (χ2n) is 4.89. The zero-order valence-corrected chi connectivity index (χ0v) is 13.4. The zero-order chi connectivity index (χ0) is 16.8. The van der Waals surface area contributed by atoms with Crippen LogP contribution in [0.25, 0.3) is 11.4 Å². The van der Waals surface area contributed by atoms with Crippen LogP contribution in [-0.2, 0) is 11.3 Å². The highest BCUT2D eigenvalue weighted by atomic mass is 32.2. The summed E-state index contributed by atoms with van der Waals surface area (Å²) < 4.78 is 12.8. The number of thioether (sulfide) groups is 1. The highest BCUT2D eigenvalue weighted by molar-refractivity contribution is 7.99. The Balaban J connectivity index is 1.48. The number of pyridine rings is 1. The van der Waals surface area contributed by atoms with E-state index in [4.69, 9.17) is 0 Å². The number of hydrogen-bond acceptors (Lipinski definition) is 5. The zero-order valence-electron chi connectivity index (χ0n) is 12.6. The number of amides is 1. The van der Waals surface area contributed by atoms with Crippen molar-refractivity contribution in [2.24, 2.45) is 0 Å². The summed E-state index contributed by atoms with van der Waals surface area (Å²) in [5, 5.41) is 10.2. The van der Waals surface area contributed by atoms with Gasteiger partial charge in [0, 0.05) is 24.5 Å². The van der Waals surface area contributed by atoms with E-state index in [-0.39, 0.29) is 17.5 Å². The summed E-state index contributed by atoms with van der Waals surface area (Å²) in [4.78, 5) is 20.1. The molecule has 0 fully saturated rings. The maximum absolute atomic E-state index is 12.8. The van der Waals surface area contributed by atoms with Crippen LogP contribution in [-0.4, -0.2) is 31.8 Å². The summed E-state index contributed by atoms with van der Waals surface area (Å²) in [5.74, 6) is 0.399. The molecule has 2 N–H and O–H groups in total. The summed E-state index contributed by atoms with van der Waals surface area (Å²) in [6.07, 6.45) is 3.35. The predicted molar refractivity (Wildman–Crippen MR) is 88.6 cm³/mol. The van der Waals surface area contributed by atoms with Crippen LogP contribution in [0.1, 0.15) is 5.56 Å². The number of aromatic nitrogens is 4. The fraction of sp³-hybridized carbons (Fsp3) is 0.125. The average Bonchev–Trinajstić information content (AvgIpc) is 3.09. The number of benzene rings is 1. The Labute approximate surface area is 141 Å². The van der Waals surface area contributed by atoms with Crippen molar-refractivity contribution in [1.82, 2.24) is 25.5 Å². The minimum Gasteiger partial charge on any atom is -0.351 e. The first kappa shape index (κ1) is 16.1. The first-order valence-corrected chi connectivity index (χ1v) is 8.16. The van der Waals surface area contributed by atoms with Crippen molar-refractivity contribution in [3.8, 4) is 11.4 Å². The highest BCUT2D eigenvalue weighted by Crippen LogP contribution is 2.18. The van der Waals surface area contributed by atoms with Crippen molar-refractivity contribution in [2.75, 3.05) is 5.75 Å². The lowest BCUT2D eigenvalue weighted by molar-refractivity contribution is -0.118. The Kier molecular flexibility index (Phi) is 5.17. The molecule has 2 heterocycles. The number of carbonyl (C=O) groups is 1. The first-order valence-electron chi connectivity index (χ1n) is 7.17. The second-order valence-corrected chi connectivity index (χ2v) is 5.84. The summed E-state index contributed by atoms with van der Waals surface area (Å²) in [5.41, 5.74) is 1.72. The number of halogens is 1. The fourth-order valence-electron chi connectivity index (χ4n) is 1.93. The van der Waals surface area contributed by atoms with Gasteiger partial charge in [0.2, 0.25) is 11.1 Å². The lowest BCUT2D eigenvalue weighted by Crippen LogP contribution is -2.24. The molecule has 0 spiro atoms. The van der Waals surface area contributed by atoms with Gasteiger partial charge >= 0.3 is 0 Å². The van der Waals surface area contributed by atoms with Crippen LogP contribution in [0.2, 0.25) is 0 Å². The van der Waals surface area contributed by atoms with Gasteiger partial charge in [-0.05, 0) is 29.8 Å². The molecular formula is C16H14FN5OS. The van der Waals surface area contributed by atoms with Crippen LogP contribution in [0.15, 0.2) is 53.9 Å². The second kappa shape index (κ2) is 7.69. The molecule has 0 radical (unpaired) electrons. The number of nitrogens with one attached hydrogen (secondary N) is 2. The molecule has 0 aliphatic rings. The van der Waals surface area contributed by atoms with E-state index in [0.717, 1.165) is 11.1 Å². The van der Waals surface area contributed by atoms with Gasteiger partial charge in [-0.2, -0.15) is 0 Å². The SMILES string of the molecule is O=C(CSc1n[nH]c(-c2ccncc2)n1)NCc1ccc(F)cc1. The molecular weight excluding hydrogens is 329 g/mol. The van der Waals surface area contributed by atoms with Crippen LogP contribution < -0.4 is 5.32 Å². The van der Waals surface area contributed by atoms with Crippen molar-refractivity contribution in [2.45, 2.75) is 11.7 Å². The van der Waals surface area contributed by atoms with Gasteiger partial charge in [0.25, 0.3) is 0 Å². The highest BCUT2D eigenvalue weighted by Gasteiger charge is 2.09.